The van der Waals surface area contributed by atoms with Gasteiger partial charge in [0.15, 0.2) is 28.8 Å². The van der Waals surface area contributed by atoms with E-state index in [2.05, 4.69) is 39.2 Å². The van der Waals surface area contributed by atoms with E-state index in [0.29, 0.717) is 32.4 Å². The molecule has 0 bridgehead atoms. The lowest BCUT2D eigenvalue weighted by Crippen LogP contribution is -2.26. The summed E-state index contributed by atoms with van der Waals surface area (Å²) >= 11 is 2.72. The van der Waals surface area contributed by atoms with Crippen LogP contribution in [0.1, 0.15) is 52.0 Å². The van der Waals surface area contributed by atoms with E-state index >= 15 is 0 Å². The minimum Gasteiger partial charge on any atom is -0.441 e. The Hall–Kier alpha value is -1.95. The van der Waals surface area contributed by atoms with E-state index < -0.39 is 20.4 Å². The number of pyridine rings is 1. The van der Waals surface area contributed by atoms with Crippen molar-refractivity contribution in [1.29, 1.82) is 0 Å². The number of aliphatic hydroxyl groups is 1. The normalized spacial score (nSPS) is 15.6. The summed E-state index contributed by atoms with van der Waals surface area (Å²) in [5, 5.41) is 24.7. The number of rotatable bonds is 13. The molecule has 0 aliphatic heterocycles. The third kappa shape index (κ3) is 8.03. The first-order chi connectivity index (χ1) is 16.7. The Morgan fingerprint density at radius 2 is 1.97 bits per heavy atom. The number of aromatic nitrogens is 4. The van der Waals surface area contributed by atoms with Crippen molar-refractivity contribution in [2.75, 3.05) is 17.0 Å². The van der Waals surface area contributed by atoms with Crippen LogP contribution in [0.15, 0.2) is 29.6 Å². The van der Waals surface area contributed by atoms with Crippen molar-refractivity contribution in [3.63, 3.8) is 0 Å². The van der Waals surface area contributed by atoms with Crippen molar-refractivity contribution < 1.29 is 19.3 Å². The molecule has 0 fully saturated rings. The molecule has 190 valence electrons. The molecular formula is C22H33N6O4PS2+2. The van der Waals surface area contributed by atoms with Gasteiger partial charge in [-0.2, -0.15) is 4.98 Å². The van der Waals surface area contributed by atoms with E-state index in [1.54, 1.807) is 20.0 Å². The van der Waals surface area contributed by atoms with E-state index in [0.717, 1.165) is 12.1 Å². The second-order valence-corrected chi connectivity index (χ2v) is 11.9. The van der Waals surface area contributed by atoms with Gasteiger partial charge in [-0.1, -0.05) is 43.0 Å². The third-order valence-corrected chi connectivity index (χ3v) is 8.11. The summed E-state index contributed by atoms with van der Waals surface area (Å²) < 4.78 is 18.5. The zero-order chi connectivity index (χ0) is 25.5. The number of nitrogens with one attached hydrogen (secondary N) is 2. The molecule has 0 aliphatic carbocycles. The molecule has 10 nitrogen and oxygen atoms in total. The van der Waals surface area contributed by atoms with E-state index in [4.69, 9.17) is 14.6 Å². The number of thioether (sulfide) groups is 1. The summed E-state index contributed by atoms with van der Waals surface area (Å²) in [6.45, 7) is 9.57. The van der Waals surface area contributed by atoms with Crippen LogP contribution in [0, 0.1) is 5.92 Å². The summed E-state index contributed by atoms with van der Waals surface area (Å²) in [5.41, 5.74) is 1.37. The number of hydrogen-bond acceptors (Lipinski definition) is 10. The van der Waals surface area contributed by atoms with Crippen LogP contribution >= 0.6 is 31.3 Å². The molecule has 0 spiro atoms. The van der Waals surface area contributed by atoms with Crippen molar-refractivity contribution in [2.45, 2.75) is 69.7 Å². The first kappa shape index (κ1) is 27.6. The van der Waals surface area contributed by atoms with Gasteiger partial charge in [0.05, 0.1) is 23.6 Å². The highest BCUT2D eigenvalue weighted by molar-refractivity contribution is 7.99. The Morgan fingerprint density at radius 1 is 1.20 bits per heavy atom. The van der Waals surface area contributed by atoms with E-state index in [1.807, 2.05) is 25.1 Å². The predicted molar refractivity (Wildman–Crippen MR) is 143 cm³/mol. The largest absolute Gasteiger partial charge is 0.646 e. The molecule has 5 N–H and O–H groups in total. The van der Waals surface area contributed by atoms with Crippen LogP contribution in [-0.4, -0.2) is 55.0 Å². The molecule has 3 heterocycles. The first-order valence-corrected chi connectivity index (χ1v) is 14.3. The summed E-state index contributed by atoms with van der Waals surface area (Å²) in [7, 11) is -2.25. The predicted octanol–water partition coefficient (Wildman–Crippen LogP) is 4.74. The van der Waals surface area contributed by atoms with Crippen molar-refractivity contribution in [1.82, 2.24) is 19.9 Å². The SMILES string of the molecule is CC(C)CC(CO)Nc1nc(SC(C)c2ccccn2)nc2nc(N[P+](=O)OC(C)C(C)[OH2+])sc12. The van der Waals surface area contributed by atoms with Gasteiger partial charge in [-0.3, -0.25) is 4.98 Å². The number of thiazole rings is 1. The molecule has 5 atom stereocenters. The molecule has 3 aromatic rings. The molecule has 5 unspecified atom stereocenters. The third-order valence-electron chi connectivity index (χ3n) is 5.09. The molecule has 0 saturated carbocycles. The summed E-state index contributed by atoms with van der Waals surface area (Å²) in [6, 6.07) is 5.59. The average molecular weight is 541 g/mol. The van der Waals surface area contributed by atoms with Gasteiger partial charge in [-0.05, 0) is 42.9 Å². The zero-order valence-electron chi connectivity index (χ0n) is 20.4. The van der Waals surface area contributed by atoms with Gasteiger partial charge in [0.25, 0.3) is 0 Å². The Kier molecular flexibility index (Phi) is 10.1. The number of aliphatic hydroxyl groups excluding tert-OH is 1. The molecule has 0 aliphatic rings. The second kappa shape index (κ2) is 12.8. The average Bonchev–Trinajstić information content (AvgIpc) is 3.21. The van der Waals surface area contributed by atoms with Gasteiger partial charge in [0.2, 0.25) is 5.13 Å². The molecule has 35 heavy (non-hydrogen) atoms. The van der Waals surface area contributed by atoms with Gasteiger partial charge in [0.1, 0.15) is 4.70 Å². The smallest absolute Gasteiger partial charge is 0.441 e. The van der Waals surface area contributed by atoms with Crippen molar-refractivity contribution in [3.8, 4) is 0 Å². The topological polar surface area (TPSA) is 145 Å². The maximum Gasteiger partial charge on any atom is 0.646 e. The van der Waals surface area contributed by atoms with Crippen LogP contribution in [0.3, 0.4) is 0 Å². The van der Waals surface area contributed by atoms with Crippen LogP contribution in [0.4, 0.5) is 10.9 Å². The van der Waals surface area contributed by atoms with Crippen LogP contribution in [0.25, 0.3) is 10.3 Å². The number of anilines is 2. The second-order valence-electron chi connectivity index (χ2n) is 8.66. The van der Waals surface area contributed by atoms with E-state index in [-0.39, 0.29) is 17.9 Å². The van der Waals surface area contributed by atoms with E-state index in [9.17, 15) is 9.67 Å². The molecule has 13 heteroatoms. The van der Waals surface area contributed by atoms with Gasteiger partial charge in [-0.15, -0.1) is 9.61 Å². The van der Waals surface area contributed by atoms with Crippen LogP contribution < -0.4 is 10.4 Å². The minimum atomic E-state index is -2.25. The monoisotopic (exact) mass is 540 g/mol. The molecule has 0 aromatic carbocycles. The fourth-order valence-corrected chi connectivity index (χ4v) is 5.84. The quantitative estimate of drug-likeness (QED) is 0.120. The van der Waals surface area contributed by atoms with Gasteiger partial charge < -0.3 is 15.5 Å². The van der Waals surface area contributed by atoms with Crippen molar-refractivity contribution in [2.24, 2.45) is 5.92 Å². The molecule has 0 amide bonds. The molecular weight excluding hydrogens is 507 g/mol. The fourth-order valence-electron chi connectivity index (χ4n) is 3.13. The van der Waals surface area contributed by atoms with Gasteiger partial charge in [0, 0.05) is 13.1 Å². The van der Waals surface area contributed by atoms with Crippen LogP contribution in [0.5, 0.6) is 0 Å². The zero-order valence-corrected chi connectivity index (χ0v) is 23.0. The Labute approximate surface area is 214 Å². The van der Waals surface area contributed by atoms with E-state index in [1.165, 1.54) is 23.1 Å². The van der Waals surface area contributed by atoms with Crippen LogP contribution in [0.2, 0.25) is 0 Å². The van der Waals surface area contributed by atoms with Gasteiger partial charge >= 0.3 is 8.18 Å². The Bertz CT molecular complexity index is 1120. The van der Waals surface area contributed by atoms with Gasteiger partial charge in [-0.25, -0.2) is 9.97 Å². The summed E-state index contributed by atoms with van der Waals surface area (Å²) in [4.78, 5) is 18.3. The van der Waals surface area contributed by atoms with Crippen molar-refractivity contribution in [3.05, 3.63) is 30.1 Å². The lowest BCUT2D eigenvalue weighted by atomic mass is 10.0. The highest BCUT2D eigenvalue weighted by Crippen LogP contribution is 2.38. The first-order valence-electron chi connectivity index (χ1n) is 11.4. The molecule has 3 rings (SSSR count). The summed E-state index contributed by atoms with van der Waals surface area (Å²) in [5.74, 6) is 0.955. The molecule has 0 saturated heterocycles. The highest BCUT2D eigenvalue weighted by atomic mass is 32.2. The highest BCUT2D eigenvalue weighted by Gasteiger charge is 2.30. The Balaban J connectivity index is 1.91. The van der Waals surface area contributed by atoms with Crippen LogP contribution in [-0.2, 0) is 9.09 Å². The summed E-state index contributed by atoms with van der Waals surface area (Å²) in [6.07, 6.45) is 1.52. The maximum atomic E-state index is 12.4. The molecule has 0 radical (unpaired) electrons. The lowest BCUT2D eigenvalue weighted by Gasteiger charge is -2.19. The standard InChI is InChI=1S/C22H32N6O4PS2/c1-12(2)10-16(11-29)24-19-18-20(27-22(35-18)28-33(31)32-14(4)13(3)30)26-21(25-19)34-15(5)17-8-6-7-9-23-17/h6-9,12-16,29-30H,10-11H2,1-5H3,(H2,24,25,26,27,28,31)/q+1/p+1. The number of fused-ring (bicyclic) bond motifs is 1. The minimum absolute atomic E-state index is 0.0123. The molecule has 3 aromatic heterocycles. The fraction of sp³-hybridized carbons (Fsp3) is 0.545. The number of nitrogens with zero attached hydrogens (tertiary/aromatic N) is 4. The maximum absolute atomic E-state index is 12.4. The van der Waals surface area contributed by atoms with Crippen molar-refractivity contribution >= 4 is 52.6 Å². The Morgan fingerprint density at radius 3 is 2.60 bits per heavy atom. The number of hydrogen-bond donors (Lipinski definition) is 3. The lowest BCUT2D eigenvalue weighted by molar-refractivity contribution is 0.0664.